The third-order valence-corrected chi connectivity index (χ3v) is 7.55. The maximum Gasteiger partial charge on any atom is 0.419 e. The van der Waals surface area contributed by atoms with Crippen molar-refractivity contribution in [3.05, 3.63) is 71.8 Å². The molecule has 36 heavy (non-hydrogen) atoms. The van der Waals surface area contributed by atoms with Crippen molar-refractivity contribution in [3.63, 3.8) is 0 Å². The molecule has 8 heteroatoms. The van der Waals surface area contributed by atoms with Crippen LogP contribution in [0.25, 0.3) is 33.2 Å². The topological polar surface area (TPSA) is 76.7 Å². The van der Waals surface area contributed by atoms with Crippen molar-refractivity contribution in [2.75, 3.05) is 14.2 Å². The highest BCUT2D eigenvalue weighted by atomic mass is 32.1. The zero-order chi connectivity index (χ0) is 24.6. The molecule has 1 amide bonds. The largest absolute Gasteiger partial charge is 0.493 e. The minimum Gasteiger partial charge on any atom is -0.493 e. The van der Waals surface area contributed by atoms with E-state index in [1.54, 1.807) is 30.5 Å². The molecule has 182 valence electrons. The Morgan fingerprint density at radius 1 is 1.06 bits per heavy atom. The molecule has 0 saturated heterocycles. The Balaban J connectivity index is 1.39. The van der Waals surface area contributed by atoms with Crippen LogP contribution in [0.1, 0.15) is 19.3 Å². The first-order chi connectivity index (χ1) is 17.6. The van der Waals surface area contributed by atoms with Gasteiger partial charge in [0.25, 0.3) is 0 Å². The number of hydrogen-bond donors (Lipinski definition) is 1. The van der Waals surface area contributed by atoms with Gasteiger partial charge in [-0.15, -0.1) is 11.3 Å². The molecule has 1 atom stereocenters. The molecule has 1 N–H and O–H groups in total. The van der Waals surface area contributed by atoms with Gasteiger partial charge in [0.1, 0.15) is 5.82 Å². The van der Waals surface area contributed by atoms with E-state index in [4.69, 9.17) is 19.2 Å². The zero-order valence-electron chi connectivity index (χ0n) is 20.0. The van der Waals surface area contributed by atoms with Crippen molar-refractivity contribution >= 4 is 17.4 Å². The number of H-pyrrole nitrogens is 1. The van der Waals surface area contributed by atoms with Gasteiger partial charge >= 0.3 is 6.09 Å². The lowest BCUT2D eigenvalue weighted by Crippen LogP contribution is -2.35. The first-order valence-corrected chi connectivity index (χ1v) is 12.7. The highest BCUT2D eigenvalue weighted by molar-refractivity contribution is 7.13. The Labute approximate surface area is 213 Å². The van der Waals surface area contributed by atoms with Crippen LogP contribution in [0.5, 0.6) is 17.2 Å². The van der Waals surface area contributed by atoms with E-state index in [0.29, 0.717) is 17.3 Å². The second kappa shape index (κ2) is 9.20. The monoisotopic (exact) mass is 499 g/mol. The molecule has 3 heterocycles. The van der Waals surface area contributed by atoms with Gasteiger partial charge in [0.15, 0.2) is 11.5 Å². The van der Waals surface area contributed by atoms with Crippen LogP contribution in [0.3, 0.4) is 0 Å². The van der Waals surface area contributed by atoms with E-state index < -0.39 is 6.09 Å². The molecule has 2 bridgehead atoms. The van der Waals surface area contributed by atoms with Crippen LogP contribution in [-0.4, -0.2) is 41.2 Å². The Bertz CT molecular complexity index is 1420. The quantitative estimate of drug-likeness (QED) is 0.318. The van der Waals surface area contributed by atoms with Gasteiger partial charge in [-0.25, -0.2) is 9.78 Å². The average Bonchev–Trinajstić information content (AvgIpc) is 3.73. The second-order valence-electron chi connectivity index (χ2n) is 8.82. The smallest absolute Gasteiger partial charge is 0.419 e. The number of ether oxygens (including phenoxy) is 3. The van der Waals surface area contributed by atoms with Crippen LogP contribution in [0, 0.1) is 0 Å². The van der Waals surface area contributed by atoms with Gasteiger partial charge in [-0.3, -0.25) is 4.90 Å². The minimum atomic E-state index is -0.427. The molecule has 1 aliphatic heterocycles. The van der Waals surface area contributed by atoms with Gasteiger partial charge < -0.3 is 19.2 Å². The molecule has 2 aromatic carbocycles. The summed E-state index contributed by atoms with van der Waals surface area (Å²) in [6.45, 7) is 0. The predicted molar refractivity (Wildman–Crippen MR) is 139 cm³/mol. The molecule has 2 aliphatic rings. The Morgan fingerprint density at radius 2 is 1.83 bits per heavy atom. The summed E-state index contributed by atoms with van der Waals surface area (Å²) in [6.07, 6.45) is 4.44. The standard InChI is InChI=1S/C28H25N3O4S/c1-33-21-14-19(15-22(34-2)26(21)35-28(32)31-16-17-10-11-20(31)13-17)27-29-24(18-7-4-3-5-8-18)25(30-27)23-9-6-12-36-23/h3-9,12,14-16,20H,10-11,13H2,1-2H3,(H,29,30). The van der Waals surface area contributed by atoms with Gasteiger partial charge in [-0.1, -0.05) is 42.0 Å². The lowest BCUT2D eigenvalue weighted by Gasteiger charge is -2.23. The van der Waals surface area contributed by atoms with Crippen LogP contribution in [-0.2, 0) is 0 Å². The van der Waals surface area contributed by atoms with Crippen molar-refractivity contribution in [2.24, 2.45) is 0 Å². The highest BCUT2D eigenvalue weighted by Gasteiger charge is 2.36. The van der Waals surface area contributed by atoms with Crippen molar-refractivity contribution in [2.45, 2.75) is 25.3 Å². The summed E-state index contributed by atoms with van der Waals surface area (Å²) in [5.41, 5.74) is 4.86. The number of benzene rings is 2. The van der Waals surface area contributed by atoms with Crippen molar-refractivity contribution in [3.8, 4) is 50.5 Å². The summed E-state index contributed by atoms with van der Waals surface area (Å²) in [7, 11) is 3.09. The molecule has 0 spiro atoms. The number of aromatic amines is 1. The van der Waals surface area contributed by atoms with Crippen LogP contribution in [0.4, 0.5) is 4.79 Å². The van der Waals surface area contributed by atoms with Crippen LogP contribution >= 0.6 is 11.3 Å². The lowest BCUT2D eigenvalue weighted by molar-refractivity contribution is 0.154. The average molecular weight is 500 g/mol. The number of fused-ring (bicyclic) bond motifs is 2. The fourth-order valence-corrected chi connectivity index (χ4v) is 5.62. The maximum absolute atomic E-state index is 13.0. The number of methoxy groups -OCH3 is 2. The number of aromatic nitrogens is 2. The molecule has 7 nitrogen and oxygen atoms in total. The Morgan fingerprint density at radius 3 is 2.44 bits per heavy atom. The van der Waals surface area contributed by atoms with Gasteiger partial charge in [0.2, 0.25) is 5.75 Å². The molecular formula is C28H25N3O4S. The van der Waals surface area contributed by atoms with Crippen LogP contribution in [0.15, 0.2) is 71.8 Å². The van der Waals surface area contributed by atoms with Crippen LogP contribution < -0.4 is 14.2 Å². The molecule has 1 unspecified atom stereocenters. The maximum atomic E-state index is 13.0. The summed E-state index contributed by atoms with van der Waals surface area (Å²) < 4.78 is 17.1. The van der Waals surface area contributed by atoms with Crippen molar-refractivity contribution in [1.29, 1.82) is 0 Å². The third kappa shape index (κ3) is 3.93. The normalized spacial score (nSPS) is 16.2. The number of nitrogens with one attached hydrogen (secondary N) is 1. The SMILES string of the molecule is COc1cc(-c2nc(-c3ccccc3)c(-c3cccs3)[nH]2)cc(OC)c1OC(=O)N1C=C2CCC1C2. The van der Waals surface area contributed by atoms with E-state index in [1.807, 2.05) is 60.1 Å². The molecule has 0 radical (unpaired) electrons. The van der Waals surface area contributed by atoms with Crippen molar-refractivity contribution < 1.29 is 19.0 Å². The predicted octanol–water partition coefficient (Wildman–Crippen LogP) is 6.74. The van der Waals surface area contributed by atoms with E-state index in [2.05, 4.69) is 11.1 Å². The van der Waals surface area contributed by atoms with E-state index in [9.17, 15) is 4.79 Å². The molecular weight excluding hydrogens is 474 g/mol. The third-order valence-electron chi connectivity index (χ3n) is 6.66. The van der Waals surface area contributed by atoms with E-state index in [0.717, 1.165) is 46.7 Å². The number of thiophene rings is 1. The highest BCUT2D eigenvalue weighted by Crippen LogP contribution is 2.44. The summed E-state index contributed by atoms with van der Waals surface area (Å²) in [5.74, 6) is 1.70. The number of hydrogen-bond acceptors (Lipinski definition) is 6. The first kappa shape index (κ1) is 22.4. The van der Waals surface area contributed by atoms with Crippen LogP contribution in [0.2, 0.25) is 0 Å². The number of nitrogens with zero attached hydrogens (tertiary/aromatic N) is 2. The lowest BCUT2D eigenvalue weighted by atomic mass is 10.1. The molecule has 1 aliphatic carbocycles. The summed E-state index contributed by atoms with van der Waals surface area (Å²) >= 11 is 1.65. The molecule has 1 fully saturated rings. The van der Waals surface area contributed by atoms with E-state index in [1.165, 1.54) is 5.57 Å². The summed E-state index contributed by atoms with van der Waals surface area (Å²) in [5, 5.41) is 2.04. The Hall–Kier alpha value is -4.04. The summed E-state index contributed by atoms with van der Waals surface area (Å²) in [6, 6.07) is 18.0. The molecule has 2 aromatic heterocycles. The molecule has 6 rings (SSSR count). The minimum absolute atomic E-state index is 0.180. The number of rotatable bonds is 6. The van der Waals surface area contributed by atoms with Gasteiger partial charge in [-0.05, 0) is 42.8 Å². The first-order valence-electron chi connectivity index (χ1n) is 11.8. The fourth-order valence-electron chi connectivity index (χ4n) is 4.89. The van der Waals surface area contributed by atoms with Crippen molar-refractivity contribution in [1.82, 2.24) is 14.9 Å². The Kier molecular flexibility index (Phi) is 5.73. The number of amides is 1. The van der Waals surface area contributed by atoms with E-state index in [-0.39, 0.29) is 11.8 Å². The summed E-state index contributed by atoms with van der Waals surface area (Å²) in [4.78, 5) is 24.2. The molecule has 1 saturated carbocycles. The zero-order valence-corrected chi connectivity index (χ0v) is 20.8. The van der Waals surface area contributed by atoms with Gasteiger partial charge in [0, 0.05) is 23.4 Å². The number of imidazole rings is 1. The second-order valence-corrected chi connectivity index (χ2v) is 9.77. The van der Waals surface area contributed by atoms with Gasteiger partial charge in [0.05, 0.1) is 30.5 Å². The van der Waals surface area contributed by atoms with E-state index >= 15 is 0 Å². The molecule has 4 aromatic rings. The number of carbonyl (C=O) groups is 1. The fraction of sp³-hybridized carbons (Fsp3) is 0.214. The van der Waals surface area contributed by atoms with Gasteiger partial charge in [-0.2, -0.15) is 0 Å². The number of carbonyl (C=O) groups excluding carboxylic acids is 1.